The Hall–Kier alpha value is -5.16. The summed E-state index contributed by atoms with van der Waals surface area (Å²) in [5, 5.41) is 3.09. The number of benzene rings is 4. The number of amides is 1. The number of carbonyl (C=O) groups excluding carboxylic acids is 1. The van der Waals surface area contributed by atoms with Crippen molar-refractivity contribution >= 4 is 43.7 Å². The molecule has 9 nitrogen and oxygen atoms in total. The fourth-order valence-electron chi connectivity index (χ4n) is 5.15. The molecule has 0 spiro atoms. The summed E-state index contributed by atoms with van der Waals surface area (Å²) >= 11 is 0. The zero-order valence-electron chi connectivity index (χ0n) is 26.6. The van der Waals surface area contributed by atoms with Crippen molar-refractivity contribution in [1.29, 1.82) is 0 Å². The summed E-state index contributed by atoms with van der Waals surface area (Å²) in [6.45, 7) is 5.96. The van der Waals surface area contributed by atoms with Gasteiger partial charge >= 0.3 is 0 Å². The van der Waals surface area contributed by atoms with Crippen molar-refractivity contribution < 1.29 is 31.2 Å². The van der Waals surface area contributed by atoms with E-state index in [1.54, 1.807) is 30.3 Å². The molecule has 238 valence electrons. The number of hydrogen-bond donors (Lipinski definition) is 1. The number of nitrogens with zero attached hydrogens (tertiary/aromatic N) is 2. The highest BCUT2D eigenvalue weighted by molar-refractivity contribution is 7.92. The summed E-state index contributed by atoms with van der Waals surface area (Å²) in [5.74, 6) is 0.201. The van der Waals surface area contributed by atoms with E-state index in [4.69, 9.17) is 13.6 Å². The van der Waals surface area contributed by atoms with E-state index in [1.165, 1.54) is 45.5 Å². The number of sulfonamides is 1. The van der Waals surface area contributed by atoms with Crippen LogP contribution in [0, 0.1) is 12.7 Å². The molecule has 1 amide bonds. The van der Waals surface area contributed by atoms with E-state index in [0.717, 1.165) is 16.1 Å². The Bertz CT molecular complexity index is 2190. The van der Waals surface area contributed by atoms with E-state index < -0.39 is 21.7 Å². The average molecular weight is 644 g/mol. The molecule has 11 heteroatoms. The van der Waals surface area contributed by atoms with Crippen molar-refractivity contribution in [2.45, 2.75) is 20.8 Å². The van der Waals surface area contributed by atoms with Gasteiger partial charge in [0.2, 0.25) is 15.9 Å². The Balaban J connectivity index is 0.00000204. The molecular formula is C35H34FN3O6S. The molecule has 2 heterocycles. The molecule has 6 rings (SSSR count). The predicted molar refractivity (Wildman–Crippen MR) is 179 cm³/mol. The highest BCUT2D eigenvalue weighted by Gasteiger charge is 2.26. The molecule has 0 saturated carbocycles. The lowest BCUT2D eigenvalue weighted by atomic mass is 9.97. The number of aryl methyl sites for hydroxylation is 1. The zero-order valence-corrected chi connectivity index (χ0v) is 27.4. The van der Waals surface area contributed by atoms with E-state index in [2.05, 4.69) is 10.3 Å². The molecule has 0 aliphatic heterocycles. The fraction of sp³-hybridized carbons (Fsp3) is 0.200. The summed E-state index contributed by atoms with van der Waals surface area (Å²) in [6.07, 6.45) is 1.10. The maximum absolute atomic E-state index is 13.7. The number of aromatic nitrogens is 1. The molecule has 0 radical (unpaired) electrons. The minimum Gasteiger partial charge on any atom is -0.496 e. The van der Waals surface area contributed by atoms with Gasteiger partial charge in [-0.15, -0.1) is 0 Å². The molecule has 6 aromatic rings. The average Bonchev–Trinajstić information content (AvgIpc) is 3.65. The molecule has 4 aromatic carbocycles. The molecule has 0 aliphatic carbocycles. The van der Waals surface area contributed by atoms with Crippen molar-refractivity contribution in [3.05, 3.63) is 89.7 Å². The summed E-state index contributed by atoms with van der Waals surface area (Å²) in [5.41, 5.74) is 5.29. The minimum atomic E-state index is -3.72. The maximum atomic E-state index is 13.7. The summed E-state index contributed by atoms with van der Waals surface area (Å²) in [7, 11) is 0.764. The Kier molecular flexibility index (Phi) is 8.89. The first-order valence-electron chi connectivity index (χ1n) is 14.6. The molecule has 0 atom stereocenters. The summed E-state index contributed by atoms with van der Waals surface area (Å²) in [6, 6.07) is 19.9. The van der Waals surface area contributed by atoms with Gasteiger partial charge in [-0.25, -0.2) is 17.8 Å². The molecule has 1 N–H and O–H groups in total. The SMILES string of the molecule is CC.CNC(=O)c1c(-c2ccc(F)cc2)oc2cc(N(C)S(C)(=O)=O)c(-c3ccc(OC)c(-c4nc5ccc(C)cc5o4)c3)cc12. The second-order valence-electron chi connectivity index (χ2n) is 10.4. The quantitative estimate of drug-likeness (QED) is 0.189. The standard InChI is InChI=1S/C33H28FN3O6S.C2H6/c1-18-6-12-25-29(14-18)43-33(36-25)24-15-20(9-13-27(24)41-4)22-16-23-28(17-26(22)37(3)44(5,39)40)42-31(30(23)32(38)35-2)19-7-10-21(34)11-8-19;1-2/h6-17H,1-5H3,(H,35,38);1-2H3. The van der Waals surface area contributed by atoms with E-state index in [0.29, 0.717) is 56.1 Å². The van der Waals surface area contributed by atoms with Crippen LogP contribution in [0.3, 0.4) is 0 Å². The van der Waals surface area contributed by atoms with Crippen LogP contribution in [0.25, 0.3) is 56.0 Å². The summed E-state index contributed by atoms with van der Waals surface area (Å²) < 4.78 is 58.4. The molecule has 0 saturated heterocycles. The van der Waals surface area contributed by atoms with Crippen LogP contribution in [-0.4, -0.2) is 46.8 Å². The lowest BCUT2D eigenvalue weighted by molar-refractivity contribution is 0.0964. The van der Waals surface area contributed by atoms with Gasteiger partial charge in [0, 0.05) is 36.7 Å². The number of rotatable bonds is 7. The smallest absolute Gasteiger partial charge is 0.255 e. The van der Waals surface area contributed by atoms with Gasteiger partial charge in [0.1, 0.15) is 28.4 Å². The molecule has 46 heavy (non-hydrogen) atoms. The fourth-order valence-corrected chi connectivity index (χ4v) is 5.66. The van der Waals surface area contributed by atoms with Crippen molar-refractivity contribution in [2.75, 3.05) is 31.8 Å². The number of oxazole rings is 1. The third kappa shape index (κ3) is 5.93. The van der Waals surface area contributed by atoms with Gasteiger partial charge in [-0.3, -0.25) is 9.10 Å². The maximum Gasteiger partial charge on any atom is 0.255 e. The first-order chi connectivity index (χ1) is 22.0. The lowest BCUT2D eigenvalue weighted by Gasteiger charge is -2.21. The number of furan rings is 1. The van der Waals surface area contributed by atoms with E-state index >= 15 is 0 Å². The van der Waals surface area contributed by atoms with Gasteiger partial charge in [0.15, 0.2) is 5.58 Å². The number of halogens is 1. The normalized spacial score (nSPS) is 11.3. The highest BCUT2D eigenvalue weighted by atomic mass is 32.2. The highest BCUT2D eigenvalue weighted by Crippen LogP contribution is 2.43. The monoisotopic (exact) mass is 643 g/mol. The van der Waals surface area contributed by atoms with Crippen LogP contribution in [0.2, 0.25) is 0 Å². The van der Waals surface area contributed by atoms with Crippen LogP contribution in [-0.2, 0) is 10.0 Å². The van der Waals surface area contributed by atoms with Gasteiger partial charge in [-0.2, -0.15) is 0 Å². The van der Waals surface area contributed by atoms with Crippen molar-refractivity contribution in [3.8, 4) is 39.7 Å². The summed E-state index contributed by atoms with van der Waals surface area (Å²) in [4.78, 5) is 17.9. The Morgan fingerprint density at radius 3 is 2.26 bits per heavy atom. The van der Waals surface area contributed by atoms with Crippen LogP contribution in [0.4, 0.5) is 10.1 Å². The van der Waals surface area contributed by atoms with Crippen LogP contribution in [0.15, 0.2) is 81.6 Å². The second-order valence-corrected chi connectivity index (χ2v) is 12.4. The van der Waals surface area contributed by atoms with Crippen molar-refractivity contribution in [1.82, 2.24) is 10.3 Å². The lowest BCUT2D eigenvalue weighted by Crippen LogP contribution is -2.25. The molecular weight excluding hydrogens is 609 g/mol. The van der Waals surface area contributed by atoms with Gasteiger partial charge < -0.3 is 18.9 Å². The van der Waals surface area contributed by atoms with Crippen LogP contribution >= 0.6 is 0 Å². The Morgan fingerprint density at radius 2 is 1.61 bits per heavy atom. The largest absolute Gasteiger partial charge is 0.496 e. The number of anilines is 1. The van der Waals surface area contributed by atoms with Crippen LogP contribution in [0.5, 0.6) is 5.75 Å². The topological polar surface area (TPSA) is 115 Å². The van der Waals surface area contributed by atoms with Gasteiger partial charge in [-0.1, -0.05) is 26.0 Å². The number of carbonyl (C=O) groups is 1. The number of hydrogen-bond acceptors (Lipinski definition) is 7. The molecule has 0 aliphatic rings. The van der Waals surface area contributed by atoms with E-state index in [-0.39, 0.29) is 16.9 Å². The number of nitrogens with one attached hydrogen (secondary N) is 1. The van der Waals surface area contributed by atoms with Gasteiger partial charge in [-0.05, 0) is 72.6 Å². The molecule has 2 aromatic heterocycles. The molecule has 0 fully saturated rings. The van der Waals surface area contributed by atoms with Crippen LogP contribution < -0.4 is 14.4 Å². The number of fused-ring (bicyclic) bond motifs is 2. The van der Waals surface area contributed by atoms with E-state index in [9.17, 15) is 17.6 Å². The number of ether oxygens (including phenoxy) is 1. The number of methoxy groups -OCH3 is 1. The molecule has 0 unspecified atom stereocenters. The predicted octanol–water partition coefficient (Wildman–Crippen LogP) is 7.81. The third-order valence-corrected chi connectivity index (χ3v) is 8.68. The van der Waals surface area contributed by atoms with Gasteiger partial charge in [0.05, 0.1) is 30.2 Å². The Morgan fingerprint density at radius 1 is 0.913 bits per heavy atom. The second kappa shape index (κ2) is 12.7. The molecule has 0 bridgehead atoms. The zero-order chi connectivity index (χ0) is 33.3. The minimum absolute atomic E-state index is 0.224. The van der Waals surface area contributed by atoms with Crippen molar-refractivity contribution in [2.24, 2.45) is 0 Å². The van der Waals surface area contributed by atoms with Gasteiger partial charge in [0.25, 0.3) is 5.91 Å². The van der Waals surface area contributed by atoms with E-state index in [1.807, 2.05) is 39.0 Å². The Labute approximate surface area is 266 Å². The first-order valence-corrected chi connectivity index (χ1v) is 16.4. The first kappa shape index (κ1) is 32.2. The third-order valence-electron chi connectivity index (χ3n) is 7.49. The van der Waals surface area contributed by atoms with Crippen molar-refractivity contribution in [3.63, 3.8) is 0 Å². The van der Waals surface area contributed by atoms with Crippen LogP contribution in [0.1, 0.15) is 29.8 Å².